The van der Waals surface area contributed by atoms with Gasteiger partial charge in [-0.3, -0.25) is 14.4 Å². The first kappa shape index (κ1) is 29.8. The van der Waals surface area contributed by atoms with Gasteiger partial charge in [0.05, 0.1) is 19.8 Å². The highest BCUT2D eigenvalue weighted by molar-refractivity contribution is 6.02. The second kappa shape index (κ2) is 12.1. The summed E-state index contributed by atoms with van der Waals surface area (Å²) in [6.45, 7) is 5.47. The number of ether oxygens (including phenoxy) is 5. The maximum Gasteiger partial charge on any atom is 0.344 e. The Morgan fingerprint density at radius 2 is 1.33 bits per heavy atom. The van der Waals surface area contributed by atoms with Gasteiger partial charge in [0.25, 0.3) is 0 Å². The van der Waals surface area contributed by atoms with Crippen LogP contribution in [0.3, 0.4) is 0 Å². The molecule has 3 aromatic carbocycles. The molecular weight excluding hydrogens is 551 g/mol. The molecule has 4 aromatic rings. The SMILES string of the molecule is CCc1cc2c(-c3ccc(OC(C)=O)c(F)c3)c(-c3cc(OC)c(OC(C)=O)c(OC)c3)c(=O)oc2cc1OC(C)=O. The molecule has 0 fully saturated rings. The second-order valence-electron chi connectivity index (χ2n) is 9.09. The van der Waals surface area contributed by atoms with E-state index in [0.717, 1.165) is 13.0 Å². The Balaban J connectivity index is 2.13. The van der Waals surface area contributed by atoms with Crippen LogP contribution in [0.1, 0.15) is 33.3 Å². The van der Waals surface area contributed by atoms with Gasteiger partial charge in [-0.15, -0.1) is 0 Å². The summed E-state index contributed by atoms with van der Waals surface area (Å²) >= 11 is 0. The molecular formula is C31H27FO10. The predicted molar refractivity (Wildman–Crippen MR) is 150 cm³/mol. The van der Waals surface area contributed by atoms with E-state index in [1.807, 2.05) is 6.92 Å². The Morgan fingerprint density at radius 1 is 0.738 bits per heavy atom. The zero-order valence-corrected chi connectivity index (χ0v) is 23.7. The molecule has 1 aromatic heterocycles. The van der Waals surface area contributed by atoms with Gasteiger partial charge < -0.3 is 28.1 Å². The molecule has 0 saturated heterocycles. The van der Waals surface area contributed by atoms with Crippen molar-refractivity contribution < 1.29 is 46.9 Å². The Morgan fingerprint density at radius 3 is 1.86 bits per heavy atom. The highest BCUT2D eigenvalue weighted by Crippen LogP contribution is 2.45. The Kier molecular flexibility index (Phi) is 8.60. The van der Waals surface area contributed by atoms with Crippen LogP contribution in [0, 0.1) is 5.82 Å². The Bertz CT molecular complexity index is 1760. The van der Waals surface area contributed by atoms with Crippen molar-refractivity contribution in [1.82, 2.24) is 0 Å². The summed E-state index contributed by atoms with van der Waals surface area (Å²) < 4.78 is 47.3. The third kappa shape index (κ3) is 5.95. The van der Waals surface area contributed by atoms with E-state index in [9.17, 15) is 19.2 Å². The maximum atomic E-state index is 15.2. The van der Waals surface area contributed by atoms with Crippen LogP contribution in [0.5, 0.6) is 28.7 Å². The minimum absolute atomic E-state index is 0.000881. The Hall–Kier alpha value is -5.19. The van der Waals surface area contributed by atoms with Gasteiger partial charge >= 0.3 is 23.5 Å². The van der Waals surface area contributed by atoms with Gasteiger partial charge in [-0.1, -0.05) is 13.0 Å². The van der Waals surface area contributed by atoms with Gasteiger partial charge in [0.15, 0.2) is 23.1 Å². The lowest BCUT2D eigenvalue weighted by Gasteiger charge is -2.18. The number of benzene rings is 3. The van der Waals surface area contributed by atoms with Crippen molar-refractivity contribution in [1.29, 1.82) is 0 Å². The average Bonchev–Trinajstić information content (AvgIpc) is 2.92. The molecule has 0 amide bonds. The first-order valence-electron chi connectivity index (χ1n) is 12.7. The lowest BCUT2D eigenvalue weighted by atomic mass is 9.91. The van der Waals surface area contributed by atoms with Crippen molar-refractivity contribution in [2.45, 2.75) is 34.1 Å². The van der Waals surface area contributed by atoms with Crippen LogP contribution in [0.25, 0.3) is 33.2 Å². The third-order valence-electron chi connectivity index (χ3n) is 6.19. The van der Waals surface area contributed by atoms with Crippen LogP contribution in [0.2, 0.25) is 0 Å². The van der Waals surface area contributed by atoms with E-state index in [0.29, 0.717) is 17.4 Å². The average molecular weight is 579 g/mol. The van der Waals surface area contributed by atoms with E-state index in [2.05, 4.69) is 0 Å². The molecule has 0 spiro atoms. The second-order valence-corrected chi connectivity index (χ2v) is 9.09. The fourth-order valence-electron chi connectivity index (χ4n) is 4.52. The smallest absolute Gasteiger partial charge is 0.344 e. The first-order chi connectivity index (χ1) is 20.0. The molecule has 11 heteroatoms. The molecule has 0 atom stereocenters. The van der Waals surface area contributed by atoms with Gasteiger partial charge in [-0.25, -0.2) is 9.18 Å². The highest BCUT2D eigenvalue weighted by atomic mass is 19.1. The molecule has 0 N–H and O–H groups in total. The zero-order valence-electron chi connectivity index (χ0n) is 23.7. The van der Waals surface area contributed by atoms with Gasteiger partial charge in [0.1, 0.15) is 11.3 Å². The van der Waals surface area contributed by atoms with Crippen LogP contribution < -0.4 is 29.3 Å². The van der Waals surface area contributed by atoms with Gasteiger partial charge in [0, 0.05) is 37.8 Å². The number of fused-ring (bicyclic) bond motifs is 1. The summed E-state index contributed by atoms with van der Waals surface area (Å²) in [5.41, 5.74) is 0.656. The van der Waals surface area contributed by atoms with E-state index >= 15 is 4.39 Å². The number of esters is 3. The molecule has 10 nitrogen and oxygen atoms in total. The van der Waals surface area contributed by atoms with Crippen LogP contribution >= 0.6 is 0 Å². The summed E-state index contributed by atoms with van der Waals surface area (Å²) in [7, 11) is 2.70. The van der Waals surface area contributed by atoms with E-state index in [4.69, 9.17) is 28.1 Å². The quantitative estimate of drug-likeness (QED) is 0.148. The normalized spacial score (nSPS) is 10.7. The number of carbonyl (C=O) groups excluding carboxylic acids is 3. The zero-order chi connectivity index (χ0) is 30.7. The molecule has 0 aliphatic rings. The molecule has 0 aliphatic heterocycles. The molecule has 0 saturated carbocycles. The topological polar surface area (TPSA) is 128 Å². The molecule has 0 radical (unpaired) electrons. The van der Waals surface area contributed by atoms with E-state index in [1.165, 1.54) is 58.4 Å². The lowest BCUT2D eigenvalue weighted by molar-refractivity contribution is -0.133. The first-order valence-corrected chi connectivity index (χ1v) is 12.7. The third-order valence-corrected chi connectivity index (χ3v) is 6.19. The van der Waals surface area contributed by atoms with E-state index in [-0.39, 0.29) is 56.6 Å². The molecule has 218 valence electrons. The summed E-state index contributed by atoms with van der Waals surface area (Å²) in [6, 6.07) is 9.93. The minimum Gasteiger partial charge on any atom is -0.493 e. The minimum atomic E-state index is -0.845. The molecule has 4 rings (SSSR count). The number of hydrogen-bond acceptors (Lipinski definition) is 10. The molecule has 0 bridgehead atoms. The number of methoxy groups -OCH3 is 2. The van der Waals surface area contributed by atoms with Crippen LogP contribution in [0.15, 0.2) is 51.7 Å². The Labute approximate surface area is 239 Å². The predicted octanol–water partition coefficient (Wildman–Crippen LogP) is 5.62. The highest BCUT2D eigenvalue weighted by Gasteiger charge is 2.25. The number of halogens is 1. The standard InChI is InChI=1S/C31H27FO10/c1-7-18-10-21-25(14-24(18)40-16(3)34)42-31(36)29(28(21)19-8-9-23(22(32)11-19)39-15(2)33)20-12-26(37-5)30(41-17(4)35)27(13-20)38-6/h8-14H,7H2,1-6H3. The number of rotatable bonds is 8. The lowest BCUT2D eigenvalue weighted by Crippen LogP contribution is -2.09. The summed E-state index contributed by atoms with van der Waals surface area (Å²) in [4.78, 5) is 48.6. The maximum absolute atomic E-state index is 15.2. The summed E-state index contributed by atoms with van der Waals surface area (Å²) in [5, 5.41) is 0.402. The molecule has 0 unspecified atom stereocenters. The van der Waals surface area contributed by atoms with Crippen molar-refractivity contribution in [3.63, 3.8) is 0 Å². The van der Waals surface area contributed by atoms with Gasteiger partial charge in [0.2, 0.25) is 5.75 Å². The number of hydrogen-bond donors (Lipinski definition) is 0. The molecule has 0 aliphatic carbocycles. The van der Waals surface area contributed by atoms with Crippen molar-refractivity contribution in [3.05, 3.63) is 64.3 Å². The van der Waals surface area contributed by atoms with E-state index in [1.54, 1.807) is 6.07 Å². The van der Waals surface area contributed by atoms with Crippen LogP contribution in [-0.4, -0.2) is 32.1 Å². The van der Waals surface area contributed by atoms with Crippen molar-refractivity contribution in [3.8, 4) is 51.0 Å². The number of carbonyl (C=O) groups is 3. The van der Waals surface area contributed by atoms with Gasteiger partial charge in [-0.2, -0.15) is 0 Å². The monoisotopic (exact) mass is 578 g/mol. The fraction of sp³-hybridized carbons (Fsp3) is 0.226. The van der Waals surface area contributed by atoms with Gasteiger partial charge in [-0.05, 0) is 53.4 Å². The van der Waals surface area contributed by atoms with Crippen molar-refractivity contribution in [2.24, 2.45) is 0 Å². The van der Waals surface area contributed by atoms with E-state index < -0.39 is 29.4 Å². The summed E-state index contributed by atoms with van der Waals surface area (Å²) in [5.74, 6) is -2.64. The largest absolute Gasteiger partial charge is 0.493 e. The van der Waals surface area contributed by atoms with Crippen molar-refractivity contribution >= 4 is 28.9 Å². The van der Waals surface area contributed by atoms with Crippen LogP contribution in [0.4, 0.5) is 4.39 Å². The molecule has 42 heavy (non-hydrogen) atoms. The van der Waals surface area contributed by atoms with Crippen LogP contribution in [-0.2, 0) is 20.8 Å². The van der Waals surface area contributed by atoms with Crippen molar-refractivity contribution in [2.75, 3.05) is 14.2 Å². The fourth-order valence-corrected chi connectivity index (χ4v) is 4.52. The number of aryl methyl sites for hydroxylation is 1. The summed E-state index contributed by atoms with van der Waals surface area (Å²) in [6.07, 6.45) is 0.449. The molecule has 1 heterocycles.